The van der Waals surface area contributed by atoms with E-state index in [1.165, 1.54) is 13.1 Å². The molecule has 0 fully saturated rings. The predicted molar refractivity (Wildman–Crippen MR) is 101 cm³/mol. The van der Waals surface area contributed by atoms with Crippen LogP contribution in [0, 0.1) is 18.3 Å². The van der Waals surface area contributed by atoms with Gasteiger partial charge in [0.25, 0.3) is 5.91 Å². The van der Waals surface area contributed by atoms with E-state index in [2.05, 4.69) is 26.6 Å². The zero-order chi connectivity index (χ0) is 18.4. The van der Waals surface area contributed by atoms with Crippen molar-refractivity contribution in [1.82, 2.24) is 0 Å². The maximum atomic E-state index is 12.2. The van der Waals surface area contributed by atoms with E-state index in [1.54, 1.807) is 24.3 Å². The van der Waals surface area contributed by atoms with E-state index in [0.717, 1.165) is 15.7 Å². The van der Waals surface area contributed by atoms with Crippen molar-refractivity contribution in [3.05, 3.63) is 69.8 Å². The van der Waals surface area contributed by atoms with Crippen LogP contribution in [0.2, 0.25) is 0 Å². The van der Waals surface area contributed by atoms with E-state index in [9.17, 15) is 14.9 Å². The topological polar surface area (TPSA) is 82.0 Å². The van der Waals surface area contributed by atoms with Gasteiger partial charge in [-0.05, 0) is 59.6 Å². The lowest BCUT2D eigenvalue weighted by Gasteiger charge is -2.07. The number of halogens is 1. The first-order valence-corrected chi connectivity index (χ1v) is 8.25. The largest absolute Gasteiger partial charge is 0.359 e. The van der Waals surface area contributed by atoms with E-state index < -0.39 is 5.91 Å². The molecule has 0 atom stereocenters. The summed E-state index contributed by atoms with van der Waals surface area (Å²) in [6.07, 6.45) is 1.35. The second-order valence-corrected chi connectivity index (χ2v) is 6.24. The number of rotatable bonds is 5. The molecule has 0 heterocycles. The average molecular weight is 398 g/mol. The Bertz CT molecular complexity index is 898. The molecule has 2 aromatic carbocycles. The van der Waals surface area contributed by atoms with Gasteiger partial charge in [-0.1, -0.05) is 18.2 Å². The lowest BCUT2D eigenvalue weighted by Crippen LogP contribution is -2.15. The van der Waals surface area contributed by atoms with Crippen molar-refractivity contribution in [2.45, 2.75) is 13.8 Å². The molecule has 0 spiro atoms. The van der Waals surface area contributed by atoms with Crippen LogP contribution in [0.3, 0.4) is 0 Å². The molecule has 0 unspecified atom stereocenters. The molecule has 2 N–H and O–H groups in total. The number of anilines is 2. The van der Waals surface area contributed by atoms with Gasteiger partial charge in [0.2, 0.25) is 0 Å². The van der Waals surface area contributed by atoms with Gasteiger partial charge < -0.3 is 10.6 Å². The molecule has 1 amide bonds. The summed E-state index contributed by atoms with van der Waals surface area (Å²) in [5, 5.41) is 14.8. The highest BCUT2D eigenvalue weighted by atomic mass is 79.9. The minimum atomic E-state index is -0.557. The van der Waals surface area contributed by atoms with Crippen LogP contribution in [0.4, 0.5) is 11.4 Å². The standard InChI is InChI=1S/C19H16BrN3O2/c1-12-6-7-18(17(20)8-12)22-11-15(10-21)19(25)23-16-5-3-4-14(9-16)13(2)24/h3-9,11,22H,1-2H3,(H,23,25)/b15-11-. The maximum Gasteiger partial charge on any atom is 0.267 e. The quantitative estimate of drug-likeness (QED) is 0.444. The van der Waals surface area contributed by atoms with Crippen LogP contribution >= 0.6 is 15.9 Å². The molecule has 0 radical (unpaired) electrons. The Kier molecular flexibility index (Phi) is 6.09. The fourth-order valence-corrected chi connectivity index (χ4v) is 2.66. The van der Waals surface area contributed by atoms with Gasteiger partial charge in [0.05, 0.1) is 5.69 Å². The number of nitriles is 1. The zero-order valence-corrected chi connectivity index (χ0v) is 15.3. The molecule has 5 nitrogen and oxygen atoms in total. The van der Waals surface area contributed by atoms with Crippen molar-refractivity contribution in [1.29, 1.82) is 5.26 Å². The summed E-state index contributed by atoms with van der Waals surface area (Å²) >= 11 is 3.42. The molecule has 0 aromatic heterocycles. The minimum absolute atomic E-state index is 0.0827. The van der Waals surface area contributed by atoms with Crippen LogP contribution < -0.4 is 10.6 Å². The number of benzene rings is 2. The molecular formula is C19H16BrN3O2. The van der Waals surface area contributed by atoms with Gasteiger partial charge in [-0.15, -0.1) is 0 Å². The molecule has 2 rings (SSSR count). The molecule has 0 bridgehead atoms. The minimum Gasteiger partial charge on any atom is -0.359 e. The molecule has 0 saturated carbocycles. The number of amides is 1. The molecule has 0 aliphatic carbocycles. The number of hydrogen-bond donors (Lipinski definition) is 2. The lowest BCUT2D eigenvalue weighted by atomic mass is 10.1. The monoisotopic (exact) mass is 397 g/mol. The summed E-state index contributed by atoms with van der Waals surface area (Å²) in [5.74, 6) is -0.656. The van der Waals surface area contributed by atoms with Crippen molar-refractivity contribution in [2.75, 3.05) is 10.6 Å². The summed E-state index contributed by atoms with van der Waals surface area (Å²) < 4.78 is 0.829. The second-order valence-electron chi connectivity index (χ2n) is 5.39. The fraction of sp³-hybridized carbons (Fsp3) is 0.105. The Balaban J connectivity index is 2.14. The molecule has 2 aromatic rings. The number of hydrogen-bond acceptors (Lipinski definition) is 4. The van der Waals surface area contributed by atoms with E-state index in [0.29, 0.717) is 11.3 Å². The number of ketones is 1. The van der Waals surface area contributed by atoms with Gasteiger partial charge in [0.1, 0.15) is 11.6 Å². The molecule has 0 saturated heterocycles. The number of carbonyl (C=O) groups excluding carboxylic acids is 2. The smallest absolute Gasteiger partial charge is 0.267 e. The van der Waals surface area contributed by atoms with Gasteiger partial charge in [0.15, 0.2) is 5.78 Å². The van der Waals surface area contributed by atoms with E-state index in [-0.39, 0.29) is 11.4 Å². The Morgan fingerprint density at radius 2 is 1.96 bits per heavy atom. The van der Waals surface area contributed by atoms with Gasteiger partial charge in [-0.3, -0.25) is 9.59 Å². The summed E-state index contributed by atoms with van der Waals surface area (Å²) in [6.45, 7) is 3.42. The van der Waals surface area contributed by atoms with E-state index >= 15 is 0 Å². The first-order valence-electron chi connectivity index (χ1n) is 7.46. The third-order valence-electron chi connectivity index (χ3n) is 3.39. The first-order chi connectivity index (χ1) is 11.9. The number of Topliss-reactive ketones (excluding diaryl/α,β-unsaturated/α-hetero) is 1. The van der Waals surface area contributed by atoms with Gasteiger partial charge >= 0.3 is 0 Å². The highest BCUT2D eigenvalue weighted by Gasteiger charge is 2.10. The zero-order valence-electron chi connectivity index (χ0n) is 13.8. The van der Waals surface area contributed by atoms with Crippen molar-refractivity contribution in [2.24, 2.45) is 0 Å². The average Bonchev–Trinajstić information content (AvgIpc) is 2.57. The van der Waals surface area contributed by atoms with Crippen LogP contribution in [0.1, 0.15) is 22.8 Å². The summed E-state index contributed by atoms with van der Waals surface area (Å²) in [7, 11) is 0. The Hall–Kier alpha value is -2.91. The molecule has 25 heavy (non-hydrogen) atoms. The third-order valence-corrected chi connectivity index (χ3v) is 4.04. The normalized spacial score (nSPS) is 10.7. The number of nitrogens with one attached hydrogen (secondary N) is 2. The SMILES string of the molecule is CC(=O)c1cccc(NC(=O)/C(C#N)=C\Nc2ccc(C)cc2Br)c1. The summed E-state index contributed by atoms with van der Waals surface area (Å²) in [4.78, 5) is 23.6. The van der Waals surface area contributed by atoms with Crippen molar-refractivity contribution in [3.63, 3.8) is 0 Å². The molecule has 126 valence electrons. The fourth-order valence-electron chi connectivity index (χ4n) is 2.05. The van der Waals surface area contributed by atoms with Crippen LogP contribution in [0.5, 0.6) is 0 Å². The van der Waals surface area contributed by atoms with Gasteiger partial charge in [-0.2, -0.15) is 5.26 Å². The van der Waals surface area contributed by atoms with E-state index in [4.69, 9.17) is 0 Å². The summed E-state index contributed by atoms with van der Waals surface area (Å²) in [6, 6.07) is 14.1. The highest BCUT2D eigenvalue weighted by Crippen LogP contribution is 2.23. The van der Waals surface area contributed by atoms with Gasteiger partial charge in [-0.25, -0.2) is 0 Å². The van der Waals surface area contributed by atoms with Crippen LogP contribution in [0.25, 0.3) is 0 Å². The van der Waals surface area contributed by atoms with E-state index in [1.807, 2.05) is 31.2 Å². The van der Waals surface area contributed by atoms with Crippen LogP contribution in [-0.2, 0) is 4.79 Å². The second kappa shape index (κ2) is 8.27. The molecule has 0 aliphatic rings. The summed E-state index contributed by atoms with van der Waals surface area (Å²) in [5.41, 5.74) is 2.69. The van der Waals surface area contributed by atoms with Crippen molar-refractivity contribution in [3.8, 4) is 6.07 Å². The number of carbonyl (C=O) groups is 2. The molecule has 0 aliphatic heterocycles. The third kappa shape index (κ3) is 5.03. The first kappa shape index (κ1) is 18.4. The number of aryl methyl sites for hydroxylation is 1. The van der Waals surface area contributed by atoms with Crippen molar-refractivity contribution < 1.29 is 9.59 Å². The predicted octanol–water partition coefficient (Wildman–Crippen LogP) is 4.42. The van der Waals surface area contributed by atoms with Gasteiger partial charge in [0, 0.05) is 21.9 Å². The molecular weight excluding hydrogens is 382 g/mol. The number of nitrogens with zero attached hydrogens (tertiary/aromatic N) is 1. The maximum absolute atomic E-state index is 12.2. The van der Waals surface area contributed by atoms with Crippen molar-refractivity contribution >= 4 is 39.0 Å². The Morgan fingerprint density at radius 1 is 1.20 bits per heavy atom. The Labute approximate surface area is 154 Å². The van der Waals surface area contributed by atoms with Crippen LogP contribution in [-0.4, -0.2) is 11.7 Å². The Morgan fingerprint density at radius 3 is 2.60 bits per heavy atom. The lowest BCUT2D eigenvalue weighted by molar-refractivity contribution is -0.112. The van der Waals surface area contributed by atoms with Crippen LogP contribution in [0.15, 0.2) is 58.7 Å². The molecule has 6 heteroatoms. The highest BCUT2D eigenvalue weighted by molar-refractivity contribution is 9.10.